The highest BCUT2D eigenvalue weighted by Crippen LogP contribution is 2.22. The molecule has 0 aliphatic heterocycles. The number of benzene rings is 2. The molecule has 0 saturated carbocycles. The Kier molecular flexibility index (Phi) is 4.01. The second-order valence-electron chi connectivity index (χ2n) is 4.04. The average molecular weight is 298 g/mol. The molecule has 4 nitrogen and oxygen atoms in total. The lowest BCUT2D eigenvalue weighted by molar-refractivity contribution is 0.555. The van der Waals surface area contributed by atoms with Crippen LogP contribution >= 0.6 is 0 Å². The third-order valence-electron chi connectivity index (χ3n) is 2.66. The maximum absolute atomic E-state index is 13.5. The van der Waals surface area contributed by atoms with Crippen molar-refractivity contribution < 1.29 is 17.2 Å². The molecule has 0 bridgehead atoms. The number of nitrogens with two attached hydrogens (primary N) is 1. The van der Waals surface area contributed by atoms with Crippen LogP contribution in [0, 0.1) is 11.6 Å². The van der Waals surface area contributed by atoms with Gasteiger partial charge in [-0.15, -0.1) is 0 Å². The summed E-state index contributed by atoms with van der Waals surface area (Å²) in [4.78, 5) is -0.746. The van der Waals surface area contributed by atoms with Gasteiger partial charge < -0.3 is 5.73 Å². The molecule has 2 aromatic carbocycles. The first-order valence-electron chi connectivity index (χ1n) is 5.70. The number of rotatable bonds is 4. The van der Waals surface area contributed by atoms with Crippen LogP contribution in [0.25, 0.3) is 0 Å². The Labute approximate surface area is 115 Å². The van der Waals surface area contributed by atoms with Crippen molar-refractivity contribution in [3.63, 3.8) is 0 Å². The van der Waals surface area contributed by atoms with Crippen LogP contribution in [0.1, 0.15) is 5.56 Å². The Bertz CT molecular complexity index is 733. The number of halogens is 2. The molecule has 106 valence electrons. The summed E-state index contributed by atoms with van der Waals surface area (Å²) < 4.78 is 53.0. The highest BCUT2D eigenvalue weighted by Gasteiger charge is 2.20. The predicted octanol–water partition coefficient (Wildman–Crippen LogP) is 2.22. The largest absolute Gasteiger partial charge is 0.326 e. The van der Waals surface area contributed by atoms with Crippen LogP contribution < -0.4 is 10.5 Å². The standard InChI is InChI=1S/C13H12F2N2O2S/c14-10-5-6-11(15)13(7-10)20(18,19)17-12-4-2-1-3-9(12)8-16/h1-7,17H,8,16H2. The number of hydrogen-bond acceptors (Lipinski definition) is 3. The normalized spacial score (nSPS) is 11.3. The van der Waals surface area contributed by atoms with E-state index >= 15 is 0 Å². The number of sulfonamides is 1. The minimum absolute atomic E-state index is 0.115. The molecule has 3 N–H and O–H groups in total. The van der Waals surface area contributed by atoms with E-state index in [4.69, 9.17) is 5.73 Å². The van der Waals surface area contributed by atoms with Crippen molar-refractivity contribution in [1.29, 1.82) is 0 Å². The quantitative estimate of drug-likeness (QED) is 0.909. The number of nitrogens with one attached hydrogen (secondary N) is 1. The van der Waals surface area contributed by atoms with E-state index in [1.807, 2.05) is 0 Å². The molecule has 0 aliphatic carbocycles. The van der Waals surface area contributed by atoms with Crippen molar-refractivity contribution >= 4 is 15.7 Å². The molecular weight excluding hydrogens is 286 g/mol. The zero-order valence-electron chi connectivity index (χ0n) is 10.3. The summed E-state index contributed by atoms with van der Waals surface area (Å²) in [5.41, 5.74) is 6.28. The molecule has 0 amide bonds. The van der Waals surface area contributed by atoms with Gasteiger partial charge >= 0.3 is 0 Å². The molecule has 0 spiro atoms. The first-order valence-corrected chi connectivity index (χ1v) is 7.18. The fourth-order valence-corrected chi connectivity index (χ4v) is 2.87. The summed E-state index contributed by atoms with van der Waals surface area (Å²) in [5.74, 6) is -1.86. The summed E-state index contributed by atoms with van der Waals surface area (Å²) in [6, 6.07) is 8.68. The van der Waals surface area contributed by atoms with Crippen molar-refractivity contribution in [2.75, 3.05) is 4.72 Å². The lowest BCUT2D eigenvalue weighted by Crippen LogP contribution is -2.16. The zero-order valence-corrected chi connectivity index (χ0v) is 11.1. The Morgan fingerprint density at radius 2 is 1.80 bits per heavy atom. The molecule has 0 unspecified atom stereocenters. The van der Waals surface area contributed by atoms with Crippen molar-refractivity contribution in [2.24, 2.45) is 5.73 Å². The number of para-hydroxylation sites is 1. The fraction of sp³-hybridized carbons (Fsp3) is 0.0769. The fourth-order valence-electron chi connectivity index (χ4n) is 1.68. The summed E-state index contributed by atoms with van der Waals surface area (Å²) in [6.07, 6.45) is 0. The summed E-state index contributed by atoms with van der Waals surface area (Å²) in [7, 11) is -4.22. The molecular formula is C13H12F2N2O2S. The molecule has 0 fully saturated rings. The van der Waals surface area contributed by atoms with Gasteiger partial charge in [0.2, 0.25) is 0 Å². The SMILES string of the molecule is NCc1ccccc1NS(=O)(=O)c1cc(F)ccc1F. The Morgan fingerprint density at radius 1 is 1.10 bits per heavy atom. The second kappa shape index (κ2) is 5.56. The molecule has 2 rings (SSSR count). The molecule has 20 heavy (non-hydrogen) atoms. The van der Waals surface area contributed by atoms with Gasteiger partial charge in [-0.3, -0.25) is 4.72 Å². The van der Waals surface area contributed by atoms with Crippen LogP contribution in [0.5, 0.6) is 0 Å². The van der Waals surface area contributed by atoms with E-state index in [-0.39, 0.29) is 12.2 Å². The van der Waals surface area contributed by atoms with Gasteiger partial charge in [-0.2, -0.15) is 0 Å². The second-order valence-corrected chi connectivity index (χ2v) is 5.69. The molecule has 0 atom stereocenters. The molecule has 2 aromatic rings. The van der Waals surface area contributed by atoms with Gasteiger partial charge in [0.25, 0.3) is 10.0 Å². The lowest BCUT2D eigenvalue weighted by atomic mass is 10.2. The lowest BCUT2D eigenvalue weighted by Gasteiger charge is -2.12. The van der Waals surface area contributed by atoms with E-state index in [1.54, 1.807) is 18.2 Å². The van der Waals surface area contributed by atoms with Gasteiger partial charge in [0.05, 0.1) is 5.69 Å². The predicted molar refractivity (Wildman–Crippen MR) is 71.5 cm³/mol. The molecule has 0 heterocycles. The van der Waals surface area contributed by atoms with Gasteiger partial charge in [-0.25, -0.2) is 17.2 Å². The Morgan fingerprint density at radius 3 is 2.50 bits per heavy atom. The van der Waals surface area contributed by atoms with E-state index in [0.29, 0.717) is 11.6 Å². The van der Waals surface area contributed by atoms with Gasteiger partial charge in [-0.1, -0.05) is 18.2 Å². The van der Waals surface area contributed by atoms with E-state index in [9.17, 15) is 17.2 Å². The van der Waals surface area contributed by atoms with Crippen LogP contribution in [-0.4, -0.2) is 8.42 Å². The first-order chi connectivity index (χ1) is 9.44. The van der Waals surface area contributed by atoms with E-state index in [0.717, 1.165) is 12.1 Å². The molecule has 7 heteroatoms. The van der Waals surface area contributed by atoms with E-state index in [2.05, 4.69) is 4.72 Å². The molecule has 0 radical (unpaired) electrons. The van der Waals surface area contributed by atoms with Crippen LogP contribution in [-0.2, 0) is 16.6 Å². The molecule has 0 aliphatic rings. The molecule has 0 aromatic heterocycles. The summed E-state index contributed by atoms with van der Waals surface area (Å²) in [6.45, 7) is 0.115. The van der Waals surface area contributed by atoms with Crippen LogP contribution in [0.4, 0.5) is 14.5 Å². The first kappa shape index (κ1) is 14.4. The van der Waals surface area contributed by atoms with Gasteiger partial charge in [0.15, 0.2) is 0 Å². The van der Waals surface area contributed by atoms with Crippen molar-refractivity contribution in [3.8, 4) is 0 Å². The minimum Gasteiger partial charge on any atom is -0.326 e. The maximum Gasteiger partial charge on any atom is 0.264 e. The minimum atomic E-state index is -4.22. The van der Waals surface area contributed by atoms with Gasteiger partial charge in [-0.05, 0) is 29.8 Å². The third kappa shape index (κ3) is 2.94. The third-order valence-corrected chi connectivity index (χ3v) is 4.04. The van der Waals surface area contributed by atoms with E-state index < -0.39 is 26.6 Å². The Balaban J connectivity index is 2.43. The van der Waals surface area contributed by atoms with Crippen LogP contribution in [0.3, 0.4) is 0 Å². The number of hydrogen-bond donors (Lipinski definition) is 2. The monoisotopic (exact) mass is 298 g/mol. The highest BCUT2D eigenvalue weighted by molar-refractivity contribution is 7.92. The highest BCUT2D eigenvalue weighted by atomic mass is 32.2. The van der Waals surface area contributed by atoms with Crippen molar-refractivity contribution in [3.05, 3.63) is 59.7 Å². The average Bonchev–Trinajstić information content (AvgIpc) is 2.41. The Hall–Kier alpha value is -1.99. The van der Waals surface area contributed by atoms with Gasteiger partial charge in [0.1, 0.15) is 16.5 Å². The van der Waals surface area contributed by atoms with Crippen molar-refractivity contribution in [1.82, 2.24) is 0 Å². The maximum atomic E-state index is 13.5. The van der Waals surface area contributed by atoms with E-state index in [1.165, 1.54) is 6.07 Å². The van der Waals surface area contributed by atoms with Gasteiger partial charge in [0, 0.05) is 6.54 Å². The topological polar surface area (TPSA) is 72.2 Å². The molecule has 0 saturated heterocycles. The number of anilines is 1. The zero-order chi connectivity index (χ0) is 14.8. The smallest absolute Gasteiger partial charge is 0.264 e. The van der Waals surface area contributed by atoms with Crippen molar-refractivity contribution in [2.45, 2.75) is 11.4 Å². The summed E-state index contributed by atoms with van der Waals surface area (Å²) >= 11 is 0. The summed E-state index contributed by atoms with van der Waals surface area (Å²) in [5, 5.41) is 0. The van der Waals surface area contributed by atoms with Crippen LogP contribution in [0.15, 0.2) is 47.4 Å². The van der Waals surface area contributed by atoms with Crippen LogP contribution in [0.2, 0.25) is 0 Å².